The Balaban J connectivity index is 2.11. The lowest BCUT2D eigenvalue weighted by molar-refractivity contribution is 0.553. The minimum absolute atomic E-state index is 0.239. The predicted octanol–water partition coefficient (Wildman–Crippen LogP) is 1.98. The van der Waals surface area contributed by atoms with Crippen LogP contribution in [0.3, 0.4) is 0 Å². The van der Waals surface area contributed by atoms with Gasteiger partial charge in [0.15, 0.2) is 0 Å². The van der Waals surface area contributed by atoms with E-state index in [0.29, 0.717) is 6.54 Å². The van der Waals surface area contributed by atoms with Gasteiger partial charge in [-0.15, -0.1) is 0 Å². The molecule has 96 valence electrons. The van der Waals surface area contributed by atoms with Crippen LogP contribution in [0.15, 0.2) is 12.4 Å². The van der Waals surface area contributed by atoms with E-state index >= 15 is 0 Å². The molecular formula is C13H19N5. The fourth-order valence-corrected chi connectivity index (χ4v) is 2.36. The van der Waals surface area contributed by atoms with Gasteiger partial charge in [-0.25, -0.2) is 4.98 Å². The standard InChI is InChI=1S/C13H19N5/c1-8-5-9(2)17-11(4)13(8)10(3)14-6-12-15-7-16-18-12/h5,7,10,14H,6H2,1-4H3,(H,15,16,18). The Bertz CT molecular complexity index is 495. The number of pyridine rings is 1. The van der Waals surface area contributed by atoms with Crippen LogP contribution < -0.4 is 5.32 Å². The van der Waals surface area contributed by atoms with Crippen LogP contribution >= 0.6 is 0 Å². The molecule has 0 fully saturated rings. The smallest absolute Gasteiger partial charge is 0.138 e. The number of hydrogen-bond donors (Lipinski definition) is 2. The second kappa shape index (κ2) is 5.27. The first-order valence-electron chi connectivity index (χ1n) is 6.10. The van der Waals surface area contributed by atoms with E-state index in [9.17, 15) is 0 Å². The molecule has 1 unspecified atom stereocenters. The third-order valence-electron chi connectivity index (χ3n) is 3.06. The number of hydrogen-bond acceptors (Lipinski definition) is 4. The van der Waals surface area contributed by atoms with E-state index in [1.165, 1.54) is 17.5 Å². The molecule has 2 N–H and O–H groups in total. The maximum atomic E-state index is 4.52. The predicted molar refractivity (Wildman–Crippen MR) is 70.1 cm³/mol. The maximum absolute atomic E-state index is 4.52. The molecule has 0 saturated heterocycles. The van der Waals surface area contributed by atoms with E-state index in [4.69, 9.17) is 0 Å². The van der Waals surface area contributed by atoms with Crippen molar-refractivity contribution in [3.05, 3.63) is 40.7 Å². The van der Waals surface area contributed by atoms with Crippen LogP contribution in [0.5, 0.6) is 0 Å². The van der Waals surface area contributed by atoms with Gasteiger partial charge < -0.3 is 5.32 Å². The molecule has 1 atom stereocenters. The number of aromatic nitrogens is 4. The minimum Gasteiger partial charge on any atom is -0.303 e. The molecule has 0 amide bonds. The Morgan fingerprint density at radius 3 is 2.72 bits per heavy atom. The molecule has 0 aliphatic rings. The number of nitrogens with zero attached hydrogens (tertiary/aromatic N) is 3. The third-order valence-corrected chi connectivity index (χ3v) is 3.06. The summed E-state index contributed by atoms with van der Waals surface area (Å²) in [5.74, 6) is 0.845. The van der Waals surface area contributed by atoms with Crippen LogP contribution in [-0.2, 0) is 6.54 Å². The lowest BCUT2D eigenvalue weighted by atomic mass is 10.0. The maximum Gasteiger partial charge on any atom is 0.138 e. The van der Waals surface area contributed by atoms with Crippen molar-refractivity contribution in [3.8, 4) is 0 Å². The highest BCUT2D eigenvalue weighted by Gasteiger charge is 2.13. The zero-order valence-electron chi connectivity index (χ0n) is 11.3. The second-order valence-corrected chi connectivity index (χ2v) is 4.61. The fourth-order valence-electron chi connectivity index (χ4n) is 2.36. The summed E-state index contributed by atoms with van der Waals surface area (Å²) in [4.78, 5) is 8.62. The van der Waals surface area contributed by atoms with Crippen LogP contribution in [-0.4, -0.2) is 20.2 Å². The first-order valence-corrected chi connectivity index (χ1v) is 6.10. The Labute approximate surface area is 107 Å². The van der Waals surface area contributed by atoms with Gasteiger partial charge in [-0.2, -0.15) is 5.10 Å². The van der Waals surface area contributed by atoms with Gasteiger partial charge in [0.05, 0.1) is 6.54 Å². The van der Waals surface area contributed by atoms with E-state index in [-0.39, 0.29) is 6.04 Å². The molecule has 0 bridgehead atoms. The van der Waals surface area contributed by atoms with Crippen LogP contribution in [0.25, 0.3) is 0 Å². The lowest BCUT2D eigenvalue weighted by Gasteiger charge is -2.18. The Kier molecular flexibility index (Phi) is 3.72. The van der Waals surface area contributed by atoms with Gasteiger partial charge in [0, 0.05) is 17.4 Å². The SMILES string of the molecule is Cc1cc(C)c(C(C)NCc2ncn[nH]2)c(C)n1. The van der Waals surface area contributed by atoms with Crippen molar-refractivity contribution in [2.45, 2.75) is 40.3 Å². The number of nitrogens with one attached hydrogen (secondary N) is 2. The average molecular weight is 245 g/mol. The molecule has 2 heterocycles. The van der Waals surface area contributed by atoms with Gasteiger partial charge in [-0.3, -0.25) is 10.1 Å². The minimum atomic E-state index is 0.239. The summed E-state index contributed by atoms with van der Waals surface area (Å²) in [6.45, 7) is 9.03. The van der Waals surface area contributed by atoms with E-state index in [2.05, 4.69) is 52.3 Å². The molecule has 18 heavy (non-hydrogen) atoms. The molecule has 0 aliphatic heterocycles. The monoisotopic (exact) mass is 245 g/mol. The first-order chi connectivity index (χ1) is 8.58. The van der Waals surface area contributed by atoms with Gasteiger partial charge in [0.25, 0.3) is 0 Å². The Hall–Kier alpha value is -1.75. The Morgan fingerprint density at radius 2 is 2.11 bits per heavy atom. The summed E-state index contributed by atoms with van der Waals surface area (Å²) >= 11 is 0. The zero-order valence-corrected chi connectivity index (χ0v) is 11.3. The summed E-state index contributed by atoms with van der Waals surface area (Å²) in [6, 6.07) is 2.36. The van der Waals surface area contributed by atoms with Crippen molar-refractivity contribution in [3.63, 3.8) is 0 Å². The van der Waals surface area contributed by atoms with Crippen molar-refractivity contribution >= 4 is 0 Å². The van der Waals surface area contributed by atoms with Gasteiger partial charge in [0.1, 0.15) is 12.2 Å². The number of aromatic amines is 1. The normalized spacial score (nSPS) is 12.7. The van der Waals surface area contributed by atoms with Gasteiger partial charge in [-0.05, 0) is 44.9 Å². The van der Waals surface area contributed by atoms with Crippen molar-refractivity contribution < 1.29 is 0 Å². The highest BCUT2D eigenvalue weighted by atomic mass is 15.2. The lowest BCUT2D eigenvalue weighted by Crippen LogP contribution is -2.21. The molecule has 0 aromatic carbocycles. The van der Waals surface area contributed by atoms with E-state index in [1.54, 1.807) is 0 Å². The molecule has 0 saturated carbocycles. The van der Waals surface area contributed by atoms with Gasteiger partial charge >= 0.3 is 0 Å². The molecule has 2 aromatic rings. The van der Waals surface area contributed by atoms with Crippen molar-refractivity contribution in [2.75, 3.05) is 0 Å². The largest absolute Gasteiger partial charge is 0.303 e. The molecule has 0 radical (unpaired) electrons. The van der Waals surface area contributed by atoms with Crippen LogP contribution in [0.2, 0.25) is 0 Å². The van der Waals surface area contributed by atoms with Crippen molar-refractivity contribution in [2.24, 2.45) is 0 Å². The average Bonchev–Trinajstić information content (AvgIpc) is 2.77. The van der Waals surface area contributed by atoms with E-state index in [1.807, 2.05) is 6.92 Å². The summed E-state index contributed by atoms with van der Waals surface area (Å²) in [7, 11) is 0. The molecule has 5 nitrogen and oxygen atoms in total. The van der Waals surface area contributed by atoms with Crippen LogP contribution in [0.1, 0.15) is 41.3 Å². The van der Waals surface area contributed by atoms with Gasteiger partial charge in [-0.1, -0.05) is 0 Å². The van der Waals surface area contributed by atoms with Crippen LogP contribution in [0, 0.1) is 20.8 Å². The van der Waals surface area contributed by atoms with Crippen LogP contribution in [0.4, 0.5) is 0 Å². The van der Waals surface area contributed by atoms with E-state index < -0.39 is 0 Å². The highest BCUT2D eigenvalue weighted by molar-refractivity contribution is 5.33. The summed E-state index contributed by atoms with van der Waals surface area (Å²) in [5.41, 5.74) is 4.69. The zero-order chi connectivity index (χ0) is 13.1. The number of H-pyrrole nitrogens is 1. The summed E-state index contributed by atoms with van der Waals surface area (Å²) in [5, 5.41) is 10.1. The second-order valence-electron chi connectivity index (χ2n) is 4.61. The molecular weight excluding hydrogens is 226 g/mol. The molecule has 5 heteroatoms. The third kappa shape index (κ3) is 2.73. The van der Waals surface area contributed by atoms with Gasteiger partial charge in [0.2, 0.25) is 0 Å². The summed E-state index contributed by atoms with van der Waals surface area (Å²) < 4.78 is 0. The first kappa shape index (κ1) is 12.7. The Morgan fingerprint density at radius 1 is 1.33 bits per heavy atom. The number of rotatable bonds is 4. The number of aryl methyl sites for hydroxylation is 3. The van der Waals surface area contributed by atoms with E-state index in [0.717, 1.165) is 17.2 Å². The quantitative estimate of drug-likeness (QED) is 0.864. The highest BCUT2D eigenvalue weighted by Crippen LogP contribution is 2.21. The molecule has 2 rings (SSSR count). The van der Waals surface area contributed by atoms with Crippen molar-refractivity contribution in [1.29, 1.82) is 0 Å². The fraction of sp³-hybridized carbons (Fsp3) is 0.462. The molecule has 0 aliphatic carbocycles. The molecule has 2 aromatic heterocycles. The topological polar surface area (TPSA) is 66.5 Å². The molecule has 0 spiro atoms. The summed E-state index contributed by atoms with van der Waals surface area (Å²) in [6.07, 6.45) is 1.52. The van der Waals surface area contributed by atoms with Crippen molar-refractivity contribution in [1.82, 2.24) is 25.5 Å².